The molecule has 3 amide bonds. The summed E-state index contributed by atoms with van der Waals surface area (Å²) < 4.78 is 0. The molecule has 7 N–H and O–H groups in total. The van der Waals surface area contributed by atoms with Crippen LogP contribution in [0.3, 0.4) is 0 Å². The Balaban J connectivity index is 2.14. The van der Waals surface area contributed by atoms with Crippen LogP contribution in [0.5, 0.6) is 0 Å². The molecule has 1 aromatic heterocycles. The first-order valence-electron chi connectivity index (χ1n) is 12.9. The van der Waals surface area contributed by atoms with Gasteiger partial charge >= 0.3 is 5.97 Å². The largest absolute Gasteiger partial charge is 0.480 e. The molecular formula is C27H41N5O5S. The van der Waals surface area contributed by atoms with Gasteiger partial charge in [-0.15, -0.1) is 0 Å². The van der Waals surface area contributed by atoms with Gasteiger partial charge in [-0.3, -0.25) is 14.4 Å². The van der Waals surface area contributed by atoms with Gasteiger partial charge < -0.3 is 31.8 Å². The predicted molar refractivity (Wildman–Crippen MR) is 151 cm³/mol. The lowest BCUT2D eigenvalue weighted by molar-refractivity contribution is -0.143. The van der Waals surface area contributed by atoms with Crippen LogP contribution in [0.25, 0.3) is 10.9 Å². The van der Waals surface area contributed by atoms with Crippen molar-refractivity contribution in [3.05, 3.63) is 36.0 Å². The summed E-state index contributed by atoms with van der Waals surface area (Å²) in [7, 11) is 0. The van der Waals surface area contributed by atoms with Crippen LogP contribution in [0, 0.1) is 11.8 Å². The van der Waals surface area contributed by atoms with E-state index in [1.54, 1.807) is 13.8 Å². The third kappa shape index (κ3) is 8.49. The highest BCUT2D eigenvalue weighted by Crippen LogP contribution is 2.19. The molecule has 1 heterocycles. The first-order chi connectivity index (χ1) is 18.0. The van der Waals surface area contributed by atoms with E-state index in [1.165, 1.54) is 11.8 Å². The van der Waals surface area contributed by atoms with Gasteiger partial charge in [0.05, 0.1) is 6.04 Å². The number of aliphatic carboxylic acids is 1. The Morgan fingerprint density at radius 2 is 1.66 bits per heavy atom. The second-order valence-electron chi connectivity index (χ2n) is 9.95. The zero-order valence-corrected chi connectivity index (χ0v) is 23.6. The van der Waals surface area contributed by atoms with Gasteiger partial charge in [0.1, 0.15) is 18.1 Å². The topological polar surface area (TPSA) is 166 Å². The van der Waals surface area contributed by atoms with Crippen LogP contribution in [-0.4, -0.2) is 70.0 Å². The van der Waals surface area contributed by atoms with Gasteiger partial charge in [-0.1, -0.05) is 52.3 Å². The SMILES string of the molecule is CCC(C)C(NC(=O)C(N)Cc1c[nH]c2ccccc12)C(=O)NC(CCSC)C(=O)NC(C(=O)O)C(C)C. The molecular weight excluding hydrogens is 506 g/mol. The number of H-pyrrole nitrogens is 1. The zero-order valence-electron chi connectivity index (χ0n) is 22.7. The number of fused-ring (bicyclic) bond motifs is 1. The van der Waals surface area contributed by atoms with E-state index in [9.17, 15) is 24.3 Å². The van der Waals surface area contributed by atoms with Crippen molar-refractivity contribution >= 4 is 46.4 Å². The Hall–Kier alpha value is -3.05. The number of carboxylic acid groups (broad SMARTS) is 1. The van der Waals surface area contributed by atoms with Gasteiger partial charge in [0, 0.05) is 17.1 Å². The van der Waals surface area contributed by atoms with Crippen LogP contribution in [0.1, 0.15) is 46.1 Å². The molecule has 38 heavy (non-hydrogen) atoms. The van der Waals surface area contributed by atoms with E-state index in [-0.39, 0.29) is 18.3 Å². The molecule has 0 saturated heterocycles. The zero-order chi connectivity index (χ0) is 28.4. The first kappa shape index (κ1) is 31.2. The van der Waals surface area contributed by atoms with E-state index >= 15 is 0 Å². The van der Waals surface area contributed by atoms with Crippen molar-refractivity contribution < 1.29 is 24.3 Å². The molecule has 5 unspecified atom stereocenters. The van der Waals surface area contributed by atoms with E-state index in [2.05, 4.69) is 20.9 Å². The number of carbonyl (C=O) groups excluding carboxylic acids is 3. The summed E-state index contributed by atoms with van der Waals surface area (Å²) in [4.78, 5) is 54.1. The maximum Gasteiger partial charge on any atom is 0.326 e. The minimum atomic E-state index is -1.14. The number of hydrogen-bond donors (Lipinski definition) is 6. The first-order valence-corrected chi connectivity index (χ1v) is 14.3. The number of benzene rings is 1. The molecule has 0 aliphatic rings. The lowest BCUT2D eigenvalue weighted by atomic mass is 9.96. The van der Waals surface area contributed by atoms with Crippen molar-refractivity contribution in [2.45, 2.75) is 71.1 Å². The second kappa shape index (κ2) is 14.8. The minimum Gasteiger partial charge on any atom is -0.480 e. The van der Waals surface area contributed by atoms with Crippen LogP contribution in [0.15, 0.2) is 30.5 Å². The van der Waals surface area contributed by atoms with E-state index in [0.717, 1.165) is 16.5 Å². The average Bonchev–Trinajstić information content (AvgIpc) is 3.29. The van der Waals surface area contributed by atoms with E-state index in [0.29, 0.717) is 18.6 Å². The van der Waals surface area contributed by atoms with Gasteiger partial charge in [-0.2, -0.15) is 11.8 Å². The molecule has 210 valence electrons. The number of nitrogens with one attached hydrogen (secondary N) is 4. The molecule has 0 radical (unpaired) electrons. The van der Waals surface area contributed by atoms with Crippen LogP contribution in [0.2, 0.25) is 0 Å². The fraction of sp³-hybridized carbons (Fsp3) is 0.556. The molecule has 0 aliphatic heterocycles. The number of nitrogens with two attached hydrogens (primary N) is 1. The third-order valence-corrected chi connectivity index (χ3v) is 7.36. The lowest BCUT2D eigenvalue weighted by Crippen LogP contribution is -2.59. The summed E-state index contributed by atoms with van der Waals surface area (Å²) in [5, 5.41) is 18.5. The lowest BCUT2D eigenvalue weighted by Gasteiger charge is -2.28. The number of hydrogen-bond acceptors (Lipinski definition) is 6. The summed E-state index contributed by atoms with van der Waals surface area (Å²) >= 11 is 1.51. The second-order valence-corrected chi connectivity index (χ2v) is 10.9. The van der Waals surface area contributed by atoms with Crippen molar-refractivity contribution in [2.75, 3.05) is 12.0 Å². The quantitative estimate of drug-likeness (QED) is 0.198. The number of rotatable bonds is 15. The van der Waals surface area contributed by atoms with Crippen LogP contribution < -0.4 is 21.7 Å². The third-order valence-electron chi connectivity index (χ3n) is 6.72. The van der Waals surface area contributed by atoms with Crippen LogP contribution in [0.4, 0.5) is 0 Å². The highest BCUT2D eigenvalue weighted by Gasteiger charge is 2.33. The normalized spacial score (nSPS) is 15.3. The number of aromatic nitrogens is 1. The summed E-state index contributed by atoms with van der Waals surface area (Å²) in [5.41, 5.74) is 8.09. The van der Waals surface area contributed by atoms with E-state index < -0.39 is 47.9 Å². The molecule has 2 aromatic rings. The van der Waals surface area contributed by atoms with Crippen molar-refractivity contribution in [3.63, 3.8) is 0 Å². The maximum atomic E-state index is 13.4. The highest BCUT2D eigenvalue weighted by atomic mass is 32.2. The smallest absolute Gasteiger partial charge is 0.326 e. The molecule has 0 aliphatic carbocycles. The number of aromatic amines is 1. The Morgan fingerprint density at radius 3 is 2.26 bits per heavy atom. The van der Waals surface area contributed by atoms with Gasteiger partial charge in [0.25, 0.3) is 0 Å². The van der Waals surface area contributed by atoms with Crippen molar-refractivity contribution in [1.82, 2.24) is 20.9 Å². The number of carboxylic acids is 1. The summed E-state index contributed by atoms with van der Waals surface area (Å²) in [6.45, 7) is 7.14. The summed E-state index contributed by atoms with van der Waals surface area (Å²) in [6.07, 6.45) is 4.90. The van der Waals surface area contributed by atoms with Crippen molar-refractivity contribution in [2.24, 2.45) is 17.6 Å². The van der Waals surface area contributed by atoms with Crippen molar-refractivity contribution in [1.29, 1.82) is 0 Å². The fourth-order valence-electron chi connectivity index (χ4n) is 4.13. The molecule has 0 spiro atoms. The van der Waals surface area contributed by atoms with Gasteiger partial charge in [-0.05, 0) is 48.3 Å². The predicted octanol–water partition coefficient (Wildman–Crippen LogP) is 2.03. The summed E-state index contributed by atoms with van der Waals surface area (Å²) in [6, 6.07) is 3.91. The summed E-state index contributed by atoms with van der Waals surface area (Å²) in [5.74, 6) is -2.68. The molecule has 11 heteroatoms. The number of carbonyl (C=O) groups is 4. The van der Waals surface area contributed by atoms with E-state index in [1.807, 2.05) is 50.6 Å². The Morgan fingerprint density at radius 1 is 1.00 bits per heavy atom. The Labute approximate surface area is 228 Å². The maximum absolute atomic E-state index is 13.4. The molecule has 5 atom stereocenters. The fourth-order valence-corrected chi connectivity index (χ4v) is 4.60. The number of thioether (sulfide) groups is 1. The molecule has 1 aromatic carbocycles. The molecule has 2 rings (SSSR count). The van der Waals surface area contributed by atoms with Gasteiger partial charge in [-0.25, -0.2) is 4.79 Å². The standard InChI is InChI=1S/C27H41N5O5S/c1-6-16(4)23(32-24(33)19(28)13-17-14-29-20-10-8-7-9-18(17)20)26(35)30-21(11-12-38-5)25(34)31-22(15(2)3)27(36)37/h7-10,14-16,19,21-23,29H,6,11-13,28H2,1-5H3,(H,30,35)(H,31,34)(H,32,33)(H,36,37). The molecule has 0 saturated carbocycles. The van der Waals surface area contributed by atoms with Crippen LogP contribution in [-0.2, 0) is 25.6 Å². The molecule has 0 bridgehead atoms. The van der Waals surface area contributed by atoms with E-state index in [4.69, 9.17) is 5.73 Å². The Kier molecular flexibility index (Phi) is 12.1. The molecule has 0 fully saturated rings. The monoisotopic (exact) mass is 547 g/mol. The minimum absolute atomic E-state index is 0.231. The molecule has 10 nitrogen and oxygen atoms in total. The number of para-hydroxylation sites is 1. The number of amides is 3. The van der Waals surface area contributed by atoms with Gasteiger partial charge in [0.15, 0.2) is 0 Å². The average molecular weight is 548 g/mol. The highest BCUT2D eigenvalue weighted by molar-refractivity contribution is 7.98. The van der Waals surface area contributed by atoms with Gasteiger partial charge in [0.2, 0.25) is 17.7 Å². The Bertz CT molecular complexity index is 1100. The van der Waals surface area contributed by atoms with Crippen molar-refractivity contribution in [3.8, 4) is 0 Å². The van der Waals surface area contributed by atoms with Crippen LogP contribution >= 0.6 is 11.8 Å².